The molecule has 0 aliphatic carbocycles. The van der Waals surface area contributed by atoms with Crippen LogP contribution in [0.1, 0.15) is 25.3 Å². The van der Waals surface area contributed by atoms with E-state index in [9.17, 15) is 0 Å². The van der Waals surface area contributed by atoms with E-state index < -0.39 is 0 Å². The Morgan fingerprint density at radius 3 is 2.93 bits per heavy atom. The van der Waals surface area contributed by atoms with Crippen LogP contribution in [0, 0.1) is 0 Å². The van der Waals surface area contributed by atoms with E-state index in [1.165, 1.54) is 5.01 Å². The highest BCUT2D eigenvalue weighted by molar-refractivity contribution is 7.98. The predicted molar refractivity (Wildman–Crippen MR) is 66.1 cm³/mol. The number of thiazole rings is 1. The van der Waals surface area contributed by atoms with Gasteiger partial charge in [-0.15, -0.1) is 11.3 Å². The third-order valence-electron chi connectivity index (χ3n) is 2.43. The molecule has 0 saturated heterocycles. The van der Waals surface area contributed by atoms with E-state index >= 15 is 0 Å². The summed E-state index contributed by atoms with van der Waals surface area (Å²) in [5.74, 6) is 1.15. The number of rotatable bonds is 6. The average molecular weight is 230 g/mol. The molecule has 1 aromatic heterocycles. The van der Waals surface area contributed by atoms with Gasteiger partial charge < -0.3 is 5.32 Å². The zero-order valence-electron chi connectivity index (χ0n) is 9.04. The van der Waals surface area contributed by atoms with Gasteiger partial charge in [0.15, 0.2) is 0 Å². The standard InChI is InChI=1S/C10H18N2S2/c1-4-10(2,12-6-7-13-3)9-11-5-8-14-9/h5,8,12H,4,6-7H2,1-3H3. The van der Waals surface area contributed by atoms with Crippen molar-refractivity contribution in [2.45, 2.75) is 25.8 Å². The number of hydrogen-bond donors (Lipinski definition) is 1. The van der Waals surface area contributed by atoms with Gasteiger partial charge in [-0.25, -0.2) is 4.98 Å². The highest BCUT2D eigenvalue weighted by Crippen LogP contribution is 2.25. The van der Waals surface area contributed by atoms with Gasteiger partial charge in [0, 0.05) is 23.9 Å². The lowest BCUT2D eigenvalue weighted by molar-refractivity contribution is 0.363. The molecule has 0 amide bonds. The van der Waals surface area contributed by atoms with Gasteiger partial charge in [-0.1, -0.05) is 6.92 Å². The Labute approximate surface area is 94.5 Å². The topological polar surface area (TPSA) is 24.9 Å². The fourth-order valence-electron chi connectivity index (χ4n) is 1.28. The Kier molecular flexibility index (Phi) is 4.92. The highest BCUT2D eigenvalue weighted by Gasteiger charge is 2.25. The molecule has 1 atom stereocenters. The third kappa shape index (κ3) is 2.97. The second-order valence-corrected chi connectivity index (χ2v) is 5.32. The summed E-state index contributed by atoms with van der Waals surface area (Å²) in [7, 11) is 0. The Bertz CT molecular complexity index is 249. The lowest BCUT2D eigenvalue weighted by atomic mass is 10.0. The van der Waals surface area contributed by atoms with Gasteiger partial charge in [0.25, 0.3) is 0 Å². The second kappa shape index (κ2) is 5.73. The van der Waals surface area contributed by atoms with Gasteiger partial charge in [-0.3, -0.25) is 0 Å². The molecule has 0 aliphatic rings. The van der Waals surface area contributed by atoms with Gasteiger partial charge in [0.05, 0.1) is 5.54 Å². The summed E-state index contributed by atoms with van der Waals surface area (Å²) in [6.45, 7) is 5.48. The van der Waals surface area contributed by atoms with Crippen LogP contribution >= 0.6 is 23.1 Å². The minimum Gasteiger partial charge on any atom is -0.305 e. The maximum absolute atomic E-state index is 4.39. The second-order valence-electron chi connectivity index (χ2n) is 3.44. The molecule has 0 aromatic carbocycles. The van der Waals surface area contributed by atoms with Crippen LogP contribution in [0.25, 0.3) is 0 Å². The summed E-state index contributed by atoms with van der Waals surface area (Å²) in [6.07, 6.45) is 5.09. The summed E-state index contributed by atoms with van der Waals surface area (Å²) in [5.41, 5.74) is 0.0594. The van der Waals surface area contributed by atoms with Crippen LogP contribution in [-0.2, 0) is 5.54 Å². The van der Waals surface area contributed by atoms with Crippen LogP contribution in [0.3, 0.4) is 0 Å². The van der Waals surface area contributed by atoms with Crippen LogP contribution in [-0.4, -0.2) is 23.5 Å². The molecule has 1 N–H and O–H groups in total. The Balaban J connectivity index is 2.57. The molecule has 1 aromatic rings. The monoisotopic (exact) mass is 230 g/mol. The molecular formula is C10H18N2S2. The van der Waals surface area contributed by atoms with Crippen molar-refractivity contribution in [3.63, 3.8) is 0 Å². The first-order valence-electron chi connectivity index (χ1n) is 4.87. The van der Waals surface area contributed by atoms with E-state index in [-0.39, 0.29) is 5.54 Å². The molecule has 0 fully saturated rings. The summed E-state index contributed by atoms with van der Waals surface area (Å²) in [6, 6.07) is 0. The smallest absolute Gasteiger partial charge is 0.112 e. The van der Waals surface area contributed by atoms with E-state index in [1.807, 2.05) is 23.3 Å². The van der Waals surface area contributed by atoms with Crippen molar-refractivity contribution >= 4 is 23.1 Å². The Hall–Kier alpha value is -0.0600. The van der Waals surface area contributed by atoms with Crippen molar-refractivity contribution in [2.75, 3.05) is 18.6 Å². The molecule has 80 valence electrons. The number of aromatic nitrogens is 1. The summed E-state index contributed by atoms with van der Waals surface area (Å²) < 4.78 is 0. The molecule has 1 heterocycles. The van der Waals surface area contributed by atoms with Crippen molar-refractivity contribution in [1.29, 1.82) is 0 Å². The molecule has 0 radical (unpaired) electrons. The molecule has 0 saturated carbocycles. The van der Waals surface area contributed by atoms with E-state index in [0.717, 1.165) is 18.7 Å². The first-order valence-corrected chi connectivity index (χ1v) is 7.14. The van der Waals surface area contributed by atoms with Crippen LogP contribution in [0.2, 0.25) is 0 Å². The van der Waals surface area contributed by atoms with Crippen LogP contribution < -0.4 is 5.32 Å². The lowest BCUT2D eigenvalue weighted by Gasteiger charge is -2.27. The van der Waals surface area contributed by atoms with Crippen molar-refractivity contribution in [3.8, 4) is 0 Å². The number of hydrogen-bond acceptors (Lipinski definition) is 4. The molecule has 14 heavy (non-hydrogen) atoms. The maximum Gasteiger partial charge on any atom is 0.112 e. The minimum atomic E-state index is 0.0594. The minimum absolute atomic E-state index is 0.0594. The molecule has 0 bridgehead atoms. The first-order chi connectivity index (χ1) is 6.73. The van der Waals surface area contributed by atoms with Gasteiger partial charge in [0.2, 0.25) is 0 Å². The lowest BCUT2D eigenvalue weighted by Crippen LogP contribution is -2.40. The molecular weight excluding hydrogens is 212 g/mol. The summed E-state index contributed by atoms with van der Waals surface area (Å²) in [4.78, 5) is 4.39. The van der Waals surface area contributed by atoms with E-state index in [0.29, 0.717) is 0 Å². The molecule has 1 unspecified atom stereocenters. The van der Waals surface area contributed by atoms with Crippen molar-refractivity contribution in [2.24, 2.45) is 0 Å². The van der Waals surface area contributed by atoms with Crippen LogP contribution in [0.4, 0.5) is 0 Å². The predicted octanol–water partition coefficient (Wildman–Crippen LogP) is 2.72. The molecule has 0 spiro atoms. The highest BCUT2D eigenvalue weighted by atomic mass is 32.2. The number of thioether (sulfide) groups is 1. The summed E-state index contributed by atoms with van der Waals surface area (Å²) in [5, 5.41) is 6.81. The van der Waals surface area contributed by atoms with Gasteiger partial charge in [0.1, 0.15) is 5.01 Å². The zero-order chi connectivity index (χ0) is 10.4. The van der Waals surface area contributed by atoms with E-state index in [1.54, 1.807) is 11.3 Å². The van der Waals surface area contributed by atoms with E-state index in [2.05, 4.69) is 30.4 Å². The Morgan fingerprint density at radius 1 is 1.64 bits per heavy atom. The molecule has 0 aliphatic heterocycles. The van der Waals surface area contributed by atoms with Gasteiger partial charge in [-0.2, -0.15) is 11.8 Å². The summed E-state index contributed by atoms with van der Waals surface area (Å²) >= 11 is 3.60. The third-order valence-corrected chi connectivity index (χ3v) is 4.08. The van der Waals surface area contributed by atoms with Crippen molar-refractivity contribution < 1.29 is 0 Å². The van der Waals surface area contributed by atoms with Crippen LogP contribution in [0.5, 0.6) is 0 Å². The van der Waals surface area contributed by atoms with Gasteiger partial charge >= 0.3 is 0 Å². The Morgan fingerprint density at radius 2 is 2.43 bits per heavy atom. The normalized spacial score (nSPS) is 15.4. The number of nitrogens with one attached hydrogen (secondary N) is 1. The van der Waals surface area contributed by atoms with Gasteiger partial charge in [-0.05, 0) is 19.6 Å². The van der Waals surface area contributed by atoms with E-state index in [4.69, 9.17) is 0 Å². The van der Waals surface area contributed by atoms with Crippen molar-refractivity contribution in [1.82, 2.24) is 10.3 Å². The largest absolute Gasteiger partial charge is 0.305 e. The van der Waals surface area contributed by atoms with Crippen molar-refractivity contribution in [3.05, 3.63) is 16.6 Å². The fraction of sp³-hybridized carbons (Fsp3) is 0.700. The SMILES string of the molecule is CCC(C)(NCCSC)c1nccs1. The molecule has 1 rings (SSSR count). The zero-order valence-corrected chi connectivity index (χ0v) is 10.7. The quantitative estimate of drug-likeness (QED) is 0.761. The van der Waals surface area contributed by atoms with Crippen LogP contribution in [0.15, 0.2) is 11.6 Å². The molecule has 4 heteroatoms. The maximum atomic E-state index is 4.39. The molecule has 2 nitrogen and oxygen atoms in total. The fourth-order valence-corrected chi connectivity index (χ4v) is 2.43. The first kappa shape index (κ1) is 12.0. The average Bonchev–Trinajstić information content (AvgIpc) is 2.71. The number of nitrogens with zero attached hydrogens (tertiary/aromatic N) is 1.